The van der Waals surface area contributed by atoms with Crippen molar-refractivity contribution < 1.29 is 14.3 Å². The van der Waals surface area contributed by atoms with Crippen LogP contribution in [0.15, 0.2) is 36.7 Å². The first-order valence-corrected chi connectivity index (χ1v) is 7.53. The van der Waals surface area contributed by atoms with Crippen molar-refractivity contribution in [3.05, 3.63) is 42.2 Å². The summed E-state index contributed by atoms with van der Waals surface area (Å²) in [6, 6.07) is 7.21. The first-order chi connectivity index (χ1) is 11.6. The summed E-state index contributed by atoms with van der Waals surface area (Å²) in [6.45, 7) is 3.80. The molecule has 0 saturated heterocycles. The van der Waals surface area contributed by atoms with Gasteiger partial charge in [-0.25, -0.2) is 9.97 Å². The van der Waals surface area contributed by atoms with Crippen molar-refractivity contribution in [2.24, 2.45) is 0 Å². The maximum atomic E-state index is 12.2. The van der Waals surface area contributed by atoms with Gasteiger partial charge < -0.3 is 19.8 Å². The quantitative estimate of drug-likeness (QED) is 0.752. The number of nitrogens with zero attached hydrogens (tertiary/aromatic N) is 2. The smallest absolute Gasteiger partial charge is 0.255 e. The van der Waals surface area contributed by atoms with E-state index in [9.17, 15) is 4.79 Å². The fourth-order valence-electron chi connectivity index (χ4n) is 2.22. The molecule has 0 aliphatic rings. The molecule has 1 aromatic carbocycles. The molecule has 0 radical (unpaired) electrons. The minimum absolute atomic E-state index is 0.0339. The molecular weight excluding hydrogens is 308 g/mol. The highest BCUT2D eigenvalue weighted by Crippen LogP contribution is 2.25. The van der Waals surface area contributed by atoms with Crippen molar-refractivity contribution in [1.29, 1.82) is 0 Å². The zero-order valence-corrected chi connectivity index (χ0v) is 13.7. The second kappa shape index (κ2) is 6.57. The lowest BCUT2D eigenvalue weighted by Crippen LogP contribution is -2.29. The van der Waals surface area contributed by atoms with Crippen molar-refractivity contribution in [3.8, 4) is 17.4 Å². The largest absolute Gasteiger partial charge is 0.497 e. The second-order valence-electron chi connectivity index (χ2n) is 5.52. The van der Waals surface area contributed by atoms with Gasteiger partial charge in [0.15, 0.2) is 5.65 Å². The number of fused-ring (bicyclic) bond motifs is 1. The van der Waals surface area contributed by atoms with Crippen LogP contribution in [0.4, 0.5) is 0 Å². The molecule has 0 aliphatic heterocycles. The number of amides is 1. The first kappa shape index (κ1) is 15.8. The molecule has 2 N–H and O–H groups in total. The van der Waals surface area contributed by atoms with E-state index in [4.69, 9.17) is 9.47 Å². The van der Waals surface area contributed by atoms with Gasteiger partial charge in [0.25, 0.3) is 5.91 Å². The van der Waals surface area contributed by atoms with E-state index in [1.54, 1.807) is 25.4 Å². The minimum Gasteiger partial charge on any atom is -0.497 e. The molecule has 0 saturated carbocycles. The number of methoxy groups -OCH3 is 1. The Bertz CT molecular complexity index is 873. The van der Waals surface area contributed by atoms with Gasteiger partial charge >= 0.3 is 0 Å². The summed E-state index contributed by atoms with van der Waals surface area (Å²) in [4.78, 5) is 23.8. The third-order valence-electron chi connectivity index (χ3n) is 3.29. The molecule has 0 unspecified atom stereocenters. The molecule has 7 nitrogen and oxygen atoms in total. The molecule has 2 aromatic heterocycles. The number of ether oxygens (including phenoxy) is 2. The molecule has 3 aromatic rings. The molecule has 0 atom stereocenters. The van der Waals surface area contributed by atoms with Crippen molar-refractivity contribution in [1.82, 2.24) is 20.3 Å². The first-order valence-electron chi connectivity index (χ1n) is 7.53. The molecule has 0 spiro atoms. The number of carbonyl (C=O) groups is 1. The van der Waals surface area contributed by atoms with E-state index in [2.05, 4.69) is 20.3 Å². The number of nitrogens with one attached hydrogen (secondary N) is 2. The molecule has 0 fully saturated rings. The molecule has 1 amide bonds. The third-order valence-corrected chi connectivity index (χ3v) is 3.29. The number of hydrogen-bond acceptors (Lipinski definition) is 5. The second-order valence-corrected chi connectivity index (χ2v) is 5.52. The summed E-state index contributed by atoms with van der Waals surface area (Å²) < 4.78 is 10.9. The Hall–Kier alpha value is -3.09. The number of H-pyrrole nitrogens is 1. The van der Waals surface area contributed by atoms with Gasteiger partial charge in [-0.3, -0.25) is 4.79 Å². The van der Waals surface area contributed by atoms with Crippen molar-refractivity contribution >= 4 is 17.1 Å². The van der Waals surface area contributed by atoms with E-state index in [0.29, 0.717) is 34.1 Å². The Morgan fingerprint density at radius 1 is 1.29 bits per heavy atom. The molecule has 124 valence electrons. The summed E-state index contributed by atoms with van der Waals surface area (Å²) in [5.41, 5.74) is 1.43. The van der Waals surface area contributed by atoms with Crippen molar-refractivity contribution in [3.63, 3.8) is 0 Å². The summed E-state index contributed by atoms with van der Waals surface area (Å²) in [5, 5.41) is 2.84. The average molecular weight is 326 g/mol. The van der Waals surface area contributed by atoms with Crippen LogP contribution in [-0.4, -0.2) is 34.0 Å². The van der Waals surface area contributed by atoms with Crippen LogP contribution in [-0.2, 0) is 0 Å². The van der Waals surface area contributed by atoms with E-state index in [0.717, 1.165) is 0 Å². The molecule has 0 aliphatic carbocycles. The molecule has 0 bridgehead atoms. The van der Waals surface area contributed by atoms with Crippen LogP contribution in [0.2, 0.25) is 0 Å². The van der Waals surface area contributed by atoms with Crippen LogP contribution in [0.1, 0.15) is 24.2 Å². The van der Waals surface area contributed by atoms with E-state index < -0.39 is 0 Å². The SMILES string of the molecule is COc1cccc(Oc2cnc3[nH]cc(C(=O)NC(C)C)c3n2)c1. The number of rotatable bonds is 5. The zero-order valence-electron chi connectivity index (χ0n) is 13.7. The van der Waals surface area contributed by atoms with Gasteiger partial charge in [0.1, 0.15) is 17.0 Å². The Balaban J connectivity index is 1.91. The number of benzene rings is 1. The van der Waals surface area contributed by atoms with Crippen LogP contribution >= 0.6 is 0 Å². The van der Waals surface area contributed by atoms with Gasteiger partial charge in [-0.05, 0) is 26.0 Å². The maximum absolute atomic E-state index is 12.2. The van der Waals surface area contributed by atoms with Gasteiger partial charge in [-0.1, -0.05) is 6.07 Å². The van der Waals surface area contributed by atoms with Gasteiger partial charge in [-0.15, -0.1) is 0 Å². The van der Waals surface area contributed by atoms with Crippen LogP contribution in [0.5, 0.6) is 17.4 Å². The van der Waals surface area contributed by atoms with Crippen molar-refractivity contribution in [2.45, 2.75) is 19.9 Å². The predicted molar refractivity (Wildman–Crippen MR) is 89.6 cm³/mol. The summed E-state index contributed by atoms with van der Waals surface area (Å²) in [6.07, 6.45) is 3.10. The normalized spacial score (nSPS) is 10.8. The molecular formula is C17H18N4O3. The van der Waals surface area contributed by atoms with Gasteiger partial charge in [-0.2, -0.15) is 0 Å². The highest BCUT2D eigenvalue weighted by atomic mass is 16.5. The maximum Gasteiger partial charge on any atom is 0.255 e. The van der Waals surface area contributed by atoms with E-state index >= 15 is 0 Å². The van der Waals surface area contributed by atoms with E-state index in [-0.39, 0.29) is 11.9 Å². The molecule has 3 rings (SSSR count). The predicted octanol–water partition coefficient (Wildman–Crippen LogP) is 2.90. The molecule has 7 heteroatoms. The Kier molecular flexibility index (Phi) is 4.33. The summed E-state index contributed by atoms with van der Waals surface area (Å²) >= 11 is 0. The molecule has 2 heterocycles. The van der Waals surface area contributed by atoms with E-state index in [1.165, 1.54) is 6.20 Å². The van der Waals surface area contributed by atoms with Gasteiger partial charge in [0, 0.05) is 18.3 Å². The standard InChI is InChI=1S/C17H18N4O3/c1-10(2)20-17(22)13-8-18-16-15(13)21-14(9-19-16)24-12-6-4-5-11(7-12)23-3/h4-10H,1-3H3,(H,18,19)(H,20,22). The highest BCUT2D eigenvalue weighted by Gasteiger charge is 2.16. The van der Waals surface area contributed by atoms with Gasteiger partial charge in [0.2, 0.25) is 5.88 Å². The average Bonchev–Trinajstić information content (AvgIpc) is 2.97. The molecule has 24 heavy (non-hydrogen) atoms. The van der Waals surface area contributed by atoms with Crippen LogP contribution < -0.4 is 14.8 Å². The van der Waals surface area contributed by atoms with Crippen molar-refractivity contribution in [2.75, 3.05) is 7.11 Å². The Labute approximate surface area is 139 Å². The lowest BCUT2D eigenvalue weighted by atomic mass is 10.2. The lowest BCUT2D eigenvalue weighted by molar-refractivity contribution is 0.0944. The number of hydrogen-bond donors (Lipinski definition) is 2. The third kappa shape index (κ3) is 3.29. The fraction of sp³-hybridized carbons (Fsp3) is 0.235. The van der Waals surface area contributed by atoms with Crippen LogP contribution in [0, 0.1) is 0 Å². The van der Waals surface area contributed by atoms with Crippen LogP contribution in [0.3, 0.4) is 0 Å². The number of aromatic amines is 1. The zero-order chi connectivity index (χ0) is 17.1. The highest BCUT2D eigenvalue weighted by molar-refractivity contribution is 6.04. The van der Waals surface area contributed by atoms with Crippen LogP contribution in [0.25, 0.3) is 11.2 Å². The lowest BCUT2D eigenvalue weighted by Gasteiger charge is -2.08. The Morgan fingerprint density at radius 2 is 2.08 bits per heavy atom. The number of carbonyl (C=O) groups excluding carboxylic acids is 1. The fourth-order valence-corrected chi connectivity index (χ4v) is 2.22. The summed E-state index contributed by atoms with van der Waals surface area (Å²) in [5.74, 6) is 1.35. The minimum atomic E-state index is -0.205. The summed E-state index contributed by atoms with van der Waals surface area (Å²) in [7, 11) is 1.59. The topological polar surface area (TPSA) is 89.1 Å². The monoisotopic (exact) mass is 326 g/mol. The number of aromatic nitrogens is 3. The van der Waals surface area contributed by atoms with E-state index in [1.807, 2.05) is 26.0 Å². The van der Waals surface area contributed by atoms with Gasteiger partial charge in [0.05, 0.1) is 18.9 Å². The Morgan fingerprint density at radius 3 is 2.83 bits per heavy atom.